The molecule has 68 heavy (non-hydrogen) atoms. The van der Waals surface area contributed by atoms with E-state index < -0.39 is 97.5 Å². The molecule has 3 N–H and O–H groups in total. The van der Waals surface area contributed by atoms with E-state index in [1.807, 2.05) is 0 Å². The Bertz CT molecular complexity index is 1350. The van der Waals surface area contributed by atoms with E-state index in [0.717, 1.165) is 77.0 Å². The fourth-order valence-electron chi connectivity index (χ4n) is 7.02. The molecule has 0 aromatic heterocycles. The van der Waals surface area contributed by atoms with Crippen LogP contribution < -0.4 is 0 Å². The maximum absolute atomic E-state index is 12.7. The highest BCUT2D eigenvalue weighted by molar-refractivity contribution is 7.47. The Hall–Kier alpha value is -1.94. The molecule has 0 saturated carbocycles. The minimum absolute atomic E-state index is 0.104. The van der Waals surface area contributed by atoms with Crippen LogP contribution in [0.15, 0.2) is 0 Å². The smallest absolute Gasteiger partial charge is 0.462 e. The predicted octanol–water partition coefficient (Wildman–Crippen LogP) is 12.1. The van der Waals surface area contributed by atoms with E-state index in [4.69, 9.17) is 37.0 Å². The standard InChI is InChI=1S/C49H94O17P2/c1-5-9-12-15-17-19-21-22-24-26-29-32-35-48(53)65-44(39-59-46(51)33-8-4)41-63-67(55,56)61-37-43(50)38-62-68(57,58)64-42-45(40-60-47(52)34-30-27-14-11-7-3)66-49(54)36-31-28-25-23-20-18-16-13-10-6-2/h43-45,50H,5-42H2,1-4H3,(H,55,56)(H,57,58)/t43-,44+,45+/m0/s1. The van der Waals surface area contributed by atoms with Crippen LogP contribution >= 0.6 is 15.6 Å². The average Bonchev–Trinajstić information content (AvgIpc) is 3.30. The van der Waals surface area contributed by atoms with Gasteiger partial charge in [0.15, 0.2) is 12.2 Å². The number of esters is 4. The largest absolute Gasteiger partial charge is 0.472 e. The van der Waals surface area contributed by atoms with Gasteiger partial charge in [0.1, 0.15) is 19.3 Å². The Morgan fingerprint density at radius 1 is 0.353 bits per heavy atom. The molecule has 0 rings (SSSR count). The molecule has 19 heteroatoms. The van der Waals surface area contributed by atoms with E-state index in [1.54, 1.807) is 6.92 Å². The summed E-state index contributed by atoms with van der Waals surface area (Å²) in [7, 11) is -9.82. The van der Waals surface area contributed by atoms with Crippen molar-refractivity contribution in [3.05, 3.63) is 0 Å². The van der Waals surface area contributed by atoms with E-state index in [9.17, 15) is 43.2 Å². The Balaban J connectivity index is 4.97. The quantitative estimate of drug-likeness (QED) is 0.0222. The monoisotopic (exact) mass is 1020 g/mol. The maximum atomic E-state index is 12.7. The van der Waals surface area contributed by atoms with Gasteiger partial charge in [0, 0.05) is 25.7 Å². The van der Waals surface area contributed by atoms with Gasteiger partial charge < -0.3 is 33.8 Å². The Labute approximate surface area is 409 Å². The number of hydrogen-bond donors (Lipinski definition) is 3. The Morgan fingerprint density at radius 3 is 0.926 bits per heavy atom. The number of carbonyl (C=O) groups is 4. The van der Waals surface area contributed by atoms with Crippen molar-refractivity contribution in [3.8, 4) is 0 Å². The van der Waals surface area contributed by atoms with Crippen LogP contribution in [0.5, 0.6) is 0 Å². The summed E-state index contributed by atoms with van der Waals surface area (Å²) in [6.45, 7) is 4.30. The minimum atomic E-state index is -4.91. The number of phosphoric acid groups is 2. The van der Waals surface area contributed by atoms with Gasteiger partial charge in [-0.25, -0.2) is 9.13 Å². The lowest BCUT2D eigenvalue weighted by Gasteiger charge is -2.21. The molecule has 0 aromatic rings. The van der Waals surface area contributed by atoms with Crippen molar-refractivity contribution < 1.29 is 80.2 Å². The van der Waals surface area contributed by atoms with E-state index in [1.165, 1.54) is 77.0 Å². The SMILES string of the molecule is CCCCCCCCCCCCCCC(=O)O[C@H](COC(=O)CCC)COP(=O)(O)OC[C@H](O)COP(=O)(O)OC[C@@H](COC(=O)CCCCCCC)OC(=O)CCCCCCCCCCCC. The minimum Gasteiger partial charge on any atom is -0.462 e. The number of aliphatic hydroxyl groups excluding tert-OH is 1. The zero-order valence-corrected chi connectivity index (χ0v) is 44.3. The Morgan fingerprint density at radius 2 is 0.618 bits per heavy atom. The van der Waals surface area contributed by atoms with Gasteiger partial charge in [-0.3, -0.25) is 37.3 Å². The molecular formula is C49H94O17P2. The lowest BCUT2D eigenvalue weighted by Crippen LogP contribution is -2.30. The molecule has 0 spiro atoms. The van der Waals surface area contributed by atoms with Crippen molar-refractivity contribution in [1.82, 2.24) is 0 Å². The van der Waals surface area contributed by atoms with E-state index in [0.29, 0.717) is 25.7 Å². The summed E-state index contributed by atoms with van der Waals surface area (Å²) in [5, 5.41) is 10.4. The highest BCUT2D eigenvalue weighted by Crippen LogP contribution is 2.45. The van der Waals surface area contributed by atoms with Gasteiger partial charge in [0.2, 0.25) is 0 Å². The first-order valence-corrected chi connectivity index (χ1v) is 29.3. The molecule has 402 valence electrons. The third-order valence-electron chi connectivity index (χ3n) is 11.1. The molecule has 0 bridgehead atoms. The van der Waals surface area contributed by atoms with E-state index in [-0.39, 0.29) is 25.7 Å². The van der Waals surface area contributed by atoms with Crippen LogP contribution in [0.3, 0.4) is 0 Å². The molecule has 0 fully saturated rings. The first kappa shape index (κ1) is 66.1. The number of aliphatic hydroxyl groups is 1. The predicted molar refractivity (Wildman–Crippen MR) is 262 cm³/mol. The second kappa shape index (κ2) is 45.0. The average molecular weight is 1020 g/mol. The molecule has 0 aliphatic heterocycles. The summed E-state index contributed by atoms with van der Waals surface area (Å²) in [6.07, 6.45) is 25.8. The summed E-state index contributed by atoms with van der Waals surface area (Å²) in [5.74, 6) is -2.22. The van der Waals surface area contributed by atoms with Gasteiger partial charge in [0.05, 0.1) is 26.4 Å². The number of phosphoric ester groups is 2. The second-order valence-corrected chi connectivity index (χ2v) is 20.8. The molecule has 0 aliphatic carbocycles. The molecule has 17 nitrogen and oxygen atoms in total. The van der Waals surface area contributed by atoms with Crippen LogP contribution in [-0.2, 0) is 65.4 Å². The summed E-state index contributed by atoms with van der Waals surface area (Å²) in [6, 6.07) is 0. The zero-order valence-electron chi connectivity index (χ0n) is 42.6. The highest BCUT2D eigenvalue weighted by Gasteiger charge is 2.30. The van der Waals surface area contributed by atoms with Crippen molar-refractivity contribution >= 4 is 39.5 Å². The molecule has 0 amide bonds. The zero-order chi connectivity index (χ0) is 50.6. The number of ether oxygens (including phenoxy) is 4. The molecule has 2 unspecified atom stereocenters. The van der Waals surface area contributed by atoms with Gasteiger partial charge in [0.25, 0.3) is 0 Å². The van der Waals surface area contributed by atoms with Gasteiger partial charge >= 0.3 is 39.5 Å². The van der Waals surface area contributed by atoms with Gasteiger partial charge in [-0.05, 0) is 25.7 Å². The van der Waals surface area contributed by atoms with E-state index in [2.05, 4.69) is 20.8 Å². The molecule has 0 saturated heterocycles. The van der Waals surface area contributed by atoms with Crippen molar-refractivity contribution in [2.45, 2.75) is 251 Å². The molecule has 0 heterocycles. The maximum Gasteiger partial charge on any atom is 0.472 e. The highest BCUT2D eigenvalue weighted by atomic mass is 31.2. The van der Waals surface area contributed by atoms with Crippen LogP contribution in [0.2, 0.25) is 0 Å². The molecule has 0 aromatic carbocycles. The lowest BCUT2D eigenvalue weighted by atomic mass is 10.0. The summed E-state index contributed by atoms with van der Waals surface area (Å²) < 4.78 is 66.5. The van der Waals surface area contributed by atoms with Crippen molar-refractivity contribution in [2.24, 2.45) is 0 Å². The van der Waals surface area contributed by atoms with Gasteiger partial charge in [-0.1, -0.05) is 182 Å². The van der Waals surface area contributed by atoms with Crippen LogP contribution in [0.4, 0.5) is 0 Å². The number of carbonyl (C=O) groups excluding carboxylic acids is 4. The second-order valence-electron chi connectivity index (χ2n) is 17.8. The lowest BCUT2D eigenvalue weighted by molar-refractivity contribution is -0.161. The van der Waals surface area contributed by atoms with Crippen molar-refractivity contribution in [1.29, 1.82) is 0 Å². The molecule has 5 atom stereocenters. The van der Waals surface area contributed by atoms with Crippen LogP contribution in [0, 0.1) is 0 Å². The number of rotatable bonds is 50. The Kier molecular flexibility index (Phi) is 43.7. The van der Waals surface area contributed by atoms with Crippen molar-refractivity contribution in [3.63, 3.8) is 0 Å². The third-order valence-corrected chi connectivity index (χ3v) is 13.0. The van der Waals surface area contributed by atoms with Crippen LogP contribution in [0.1, 0.15) is 233 Å². The van der Waals surface area contributed by atoms with Crippen LogP contribution in [-0.4, -0.2) is 96.7 Å². The molecule has 0 aliphatic rings. The number of unbranched alkanes of at least 4 members (excludes halogenated alkanes) is 24. The van der Waals surface area contributed by atoms with Crippen molar-refractivity contribution in [2.75, 3.05) is 39.6 Å². The number of hydrogen-bond acceptors (Lipinski definition) is 15. The van der Waals surface area contributed by atoms with Gasteiger partial charge in [-0.2, -0.15) is 0 Å². The topological polar surface area (TPSA) is 237 Å². The fourth-order valence-corrected chi connectivity index (χ4v) is 8.60. The van der Waals surface area contributed by atoms with Gasteiger partial charge in [-0.15, -0.1) is 0 Å². The first-order chi connectivity index (χ1) is 32.7. The van der Waals surface area contributed by atoms with Crippen LogP contribution in [0.25, 0.3) is 0 Å². The third kappa shape index (κ3) is 44.0. The summed E-state index contributed by atoms with van der Waals surface area (Å²) in [4.78, 5) is 70.4. The summed E-state index contributed by atoms with van der Waals surface area (Å²) in [5.41, 5.74) is 0. The molecular weight excluding hydrogens is 922 g/mol. The van der Waals surface area contributed by atoms with E-state index >= 15 is 0 Å². The first-order valence-electron chi connectivity index (χ1n) is 26.3. The molecule has 0 radical (unpaired) electrons. The fraction of sp³-hybridized carbons (Fsp3) is 0.918. The normalized spacial score (nSPS) is 14.6. The summed E-state index contributed by atoms with van der Waals surface area (Å²) >= 11 is 0.